The first-order valence-corrected chi connectivity index (χ1v) is 8.11. The first kappa shape index (κ1) is 14.8. The van der Waals surface area contributed by atoms with E-state index >= 15 is 0 Å². The van der Waals surface area contributed by atoms with Gasteiger partial charge < -0.3 is 11.1 Å². The number of para-hydroxylation sites is 1. The molecule has 0 aliphatic heterocycles. The van der Waals surface area contributed by atoms with Gasteiger partial charge in [0.15, 0.2) is 0 Å². The Hall–Kier alpha value is -1.60. The Morgan fingerprint density at radius 2 is 2.00 bits per heavy atom. The Labute approximate surface area is 118 Å². The quantitative estimate of drug-likeness (QED) is 0.507. The molecule has 0 bridgehead atoms. The van der Waals surface area contributed by atoms with Crippen molar-refractivity contribution in [3.05, 3.63) is 24.3 Å². The minimum absolute atomic E-state index is 0.0223. The largest absolute Gasteiger partial charge is 0.398 e. The van der Waals surface area contributed by atoms with Crippen molar-refractivity contribution in [3.63, 3.8) is 0 Å². The Balaban J connectivity index is 1.78. The molecule has 1 fully saturated rings. The van der Waals surface area contributed by atoms with Crippen LogP contribution in [-0.2, 0) is 14.8 Å². The van der Waals surface area contributed by atoms with Gasteiger partial charge in [-0.05, 0) is 31.4 Å². The maximum absolute atomic E-state index is 12.0. The third kappa shape index (κ3) is 4.21. The highest BCUT2D eigenvalue weighted by atomic mass is 32.2. The van der Waals surface area contributed by atoms with Crippen LogP contribution in [0.3, 0.4) is 0 Å². The summed E-state index contributed by atoms with van der Waals surface area (Å²) in [6, 6.07) is 6.63. The van der Waals surface area contributed by atoms with E-state index in [2.05, 4.69) is 10.0 Å². The lowest BCUT2D eigenvalue weighted by molar-refractivity contribution is -0.121. The fraction of sp³-hybridized carbons (Fsp3) is 0.462. The topological polar surface area (TPSA) is 101 Å². The number of nitrogens with one attached hydrogen (secondary N) is 2. The van der Waals surface area contributed by atoms with E-state index in [0.717, 1.165) is 12.8 Å². The first-order chi connectivity index (χ1) is 9.49. The van der Waals surface area contributed by atoms with E-state index in [9.17, 15) is 13.2 Å². The summed E-state index contributed by atoms with van der Waals surface area (Å²) in [7, 11) is -3.61. The zero-order chi connectivity index (χ0) is 14.6. The summed E-state index contributed by atoms with van der Waals surface area (Å²) < 4.78 is 26.4. The number of carbonyl (C=O) groups excluding carboxylic acids is 1. The predicted molar refractivity (Wildman–Crippen MR) is 76.4 cm³/mol. The van der Waals surface area contributed by atoms with Crippen molar-refractivity contribution in [2.75, 3.05) is 12.3 Å². The van der Waals surface area contributed by atoms with Crippen LogP contribution in [0.2, 0.25) is 0 Å². The monoisotopic (exact) mass is 297 g/mol. The Kier molecular flexibility index (Phi) is 4.61. The van der Waals surface area contributed by atoms with E-state index in [-0.39, 0.29) is 23.0 Å². The van der Waals surface area contributed by atoms with Gasteiger partial charge in [0.25, 0.3) is 0 Å². The van der Waals surface area contributed by atoms with Crippen molar-refractivity contribution < 1.29 is 13.2 Å². The van der Waals surface area contributed by atoms with Gasteiger partial charge in [-0.1, -0.05) is 12.1 Å². The molecular weight excluding hydrogens is 278 g/mol. The molecule has 1 amide bonds. The lowest BCUT2D eigenvalue weighted by atomic mass is 10.3. The van der Waals surface area contributed by atoms with E-state index < -0.39 is 10.0 Å². The lowest BCUT2D eigenvalue weighted by Gasteiger charge is -2.08. The third-order valence-electron chi connectivity index (χ3n) is 3.02. The maximum Gasteiger partial charge on any atom is 0.242 e. The summed E-state index contributed by atoms with van der Waals surface area (Å²) in [6.45, 7) is 0.217. The van der Waals surface area contributed by atoms with Crippen LogP contribution in [0.1, 0.15) is 25.7 Å². The van der Waals surface area contributed by atoms with Gasteiger partial charge >= 0.3 is 0 Å². The van der Waals surface area contributed by atoms with Crippen LogP contribution in [0.25, 0.3) is 0 Å². The molecule has 0 radical (unpaired) electrons. The van der Waals surface area contributed by atoms with Crippen LogP contribution in [-0.4, -0.2) is 26.9 Å². The van der Waals surface area contributed by atoms with Gasteiger partial charge in [0.1, 0.15) is 4.90 Å². The second-order valence-electron chi connectivity index (χ2n) is 4.88. The number of carbonyl (C=O) groups is 1. The van der Waals surface area contributed by atoms with Gasteiger partial charge in [0, 0.05) is 19.0 Å². The minimum Gasteiger partial charge on any atom is -0.398 e. The third-order valence-corrected chi connectivity index (χ3v) is 4.56. The molecule has 1 aliphatic rings. The van der Waals surface area contributed by atoms with Gasteiger partial charge in [-0.2, -0.15) is 0 Å². The molecule has 6 nitrogen and oxygen atoms in total. The number of rotatable bonds is 7. The summed E-state index contributed by atoms with van der Waals surface area (Å²) in [5, 5.41) is 2.86. The molecule has 0 saturated heterocycles. The molecule has 0 atom stereocenters. The molecule has 0 unspecified atom stereocenters. The average molecular weight is 297 g/mol. The van der Waals surface area contributed by atoms with Gasteiger partial charge in [0.2, 0.25) is 15.9 Å². The average Bonchev–Trinajstić information content (AvgIpc) is 3.19. The highest BCUT2D eigenvalue weighted by Gasteiger charge is 2.23. The molecule has 1 saturated carbocycles. The van der Waals surface area contributed by atoms with E-state index in [1.807, 2.05) is 0 Å². The van der Waals surface area contributed by atoms with Gasteiger partial charge in [-0.25, -0.2) is 13.1 Å². The normalized spacial score (nSPS) is 15.0. The van der Waals surface area contributed by atoms with Crippen molar-refractivity contribution in [3.8, 4) is 0 Å². The van der Waals surface area contributed by atoms with E-state index in [1.165, 1.54) is 12.1 Å². The van der Waals surface area contributed by atoms with Crippen molar-refractivity contribution in [2.24, 2.45) is 0 Å². The molecule has 1 aromatic rings. The minimum atomic E-state index is -3.61. The highest BCUT2D eigenvalue weighted by molar-refractivity contribution is 7.89. The molecule has 0 heterocycles. The molecule has 20 heavy (non-hydrogen) atoms. The number of anilines is 1. The molecule has 0 spiro atoms. The van der Waals surface area contributed by atoms with Gasteiger partial charge in [0.05, 0.1) is 5.69 Å². The second-order valence-corrected chi connectivity index (χ2v) is 6.62. The highest BCUT2D eigenvalue weighted by Crippen LogP contribution is 2.19. The summed E-state index contributed by atoms with van der Waals surface area (Å²) >= 11 is 0. The Bertz CT molecular complexity index is 582. The molecule has 0 aromatic heterocycles. The number of benzene rings is 1. The maximum atomic E-state index is 12.0. The summed E-state index contributed by atoms with van der Waals surface area (Å²) in [5.41, 5.74) is 5.85. The fourth-order valence-corrected chi connectivity index (χ4v) is 2.99. The van der Waals surface area contributed by atoms with Crippen molar-refractivity contribution in [2.45, 2.75) is 36.6 Å². The molecule has 7 heteroatoms. The molecular formula is C13H19N3O3S. The van der Waals surface area contributed by atoms with Gasteiger partial charge in [-0.15, -0.1) is 0 Å². The summed E-state index contributed by atoms with van der Waals surface area (Å²) in [5.74, 6) is -0.0223. The van der Waals surface area contributed by atoms with Crippen LogP contribution in [0.5, 0.6) is 0 Å². The van der Waals surface area contributed by atoms with Crippen LogP contribution < -0.4 is 15.8 Å². The van der Waals surface area contributed by atoms with Gasteiger partial charge in [-0.3, -0.25) is 4.79 Å². The number of hydrogen-bond acceptors (Lipinski definition) is 4. The summed E-state index contributed by atoms with van der Waals surface area (Å²) in [4.78, 5) is 11.5. The van der Waals surface area contributed by atoms with Crippen LogP contribution in [0, 0.1) is 0 Å². The Morgan fingerprint density at radius 1 is 1.30 bits per heavy atom. The smallest absolute Gasteiger partial charge is 0.242 e. The number of sulfonamides is 1. The predicted octanol–water partition coefficient (Wildman–Crippen LogP) is 0.606. The zero-order valence-corrected chi connectivity index (χ0v) is 11.9. The standard InChI is InChI=1S/C13H19N3O3S/c14-11-4-1-2-5-12(11)20(18,19)15-9-3-6-13(17)16-10-7-8-10/h1-2,4-5,10,15H,3,6-9,14H2,(H,16,17). The number of nitrogens with two attached hydrogens (primary N) is 1. The van der Waals surface area contributed by atoms with E-state index in [0.29, 0.717) is 18.9 Å². The molecule has 4 N–H and O–H groups in total. The molecule has 2 rings (SSSR count). The van der Waals surface area contributed by atoms with Crippen molar-refractivity contribution >= 4 is 21.6 Å². The number of nitrogen functional groups attached to an aromatic ring is 1. The SMILES string of the molecule is Nc1ccccc1S(=O)(=O)NCCCC(=O)NC1CC1. The first-order valence-electron chi connectivity index (χ1n) is 6.62. The number of amides is 1. The van der Waals surface area contributed by atoms with Crippen molar-refractivity contribution in [1.29, 1.82) is 0 Å². The van der Waals surface area contributed by atoms with Crippen LogP contribution >= 0.6 is 0 Å². The fourth-order valence-electron chi connectivity index (χ4n) is 1.79. The summed E-state index contributed by atoms with van der Waals surface area (Å²) in [6.07, 6.45) is 2.88. The van der Waals surface area contributed by atoms with E-state index in [4.69, 9.17) is 5.73 Å². The Morgan fingerprint density at radius 3 is 2.65 bits per heavy atom. The van der Waals surface area contributed by atoms with Crippen molar-refractivity contribution in [1.82, 2.24) is 10.0 Å². The second kappa shape index (κ2) is 6.23. The number of hydrogen-bond donors (Lipinski definition) is 3. The molecule has 1 aromatic carbocycles. The lowest BCUT2D eigenvalue weighted by Crippen LogP contribution is -2.28. The molecule has 1 aliphatic carbocycles. The zero-order valence-electron chi connectivity index (χ0n) is 11.1. The van der Waals surface area contributed by atoms with Crippen LogP contribution in [0.15, 0.2) is 29.2 Å². The van der Waals surface area contributed by atoms with Crippen LogP contribution in [0.4, 0.5) is 5.69 Å². The van der Waals surface area contributed by atoms with E-state index in [1.54, 1.807) is 12.1 Å². The molecule has 110 valence electrons.